The molecule has 0 aliphatic carbocycles. The molecule has 1 aromatic rings. The third-order valence-electron chi connectivity index (χ3n) is 6.94. The number of nitrogens with one attached hydrogen (secondary N) is 3. The fourth-order valence-electron chi connectivity index (χ4n) is 5.33. The molecule has 1 aromatic carbocycles. The number of methoxy groups -OCH3 is 1. The molecule has 12 heteroatoms. The van der Waals surface area contributed by atoms with Gasteiger partial charge in [-0.1, -0.05) is 23.8 Å². The van der Waals surface area contributed by atoms with Crippen LogP contribution in [0, 0.1) is 0 Å². The highest BCUT2D eigenvalue weighted by atomic mass is 16.5. The zero-order valence-corrected chi connectivity index (χ0v) is 21.3. The summed E-state index contributed by atoms with van der Waals surface area (Å²) < 4.78 is 5.59. The van der Waals surface area contributed by atoms with Gasteiger partial charge in [0.05, 0.1) is 6.04 Å². The number of nitrogens with zero attached hydrogens (tertiary/aromatic N) is 1. The number of aliphatic carboxylic acids is 1. The van der Waals surface area contributed by atoms with Gasteiger partial charge in [-0.3, -0.25) is 28.9 Å². The van der Waals surface area contributed by atoms with Gasteiger partial charge in [0.2, 0.25) is 11.4 Å². The van der Waals surface area contributed by atoms with E-state index in [1.54, 1.807) is 32.0 Å². The van der Waals surface area contributed by atoms with Crippen LogP contribution in [0.3, 0.4) is 0 Å². The van der Waals surface area contributed by atoms with Gasteiger partial charge >= 0.3 is 5.97 Å². The summed E-state index contributed by atoms with van der Waals surface area (Å²) in [5.74, 6) is -4.38. The van der Waals surface area contributed by atoms with Crippen molar-refractivity contribution in [2.24, 2.45) is 0 Å². The van der Waals surface area contributed by atoms with Crippen molar-refractivity contribution in [1.82, 2.24) is 15.5 Å². The molecule has 5 atom stereocenters. The van der Waals surface area contributed by atoms with Crippen molar-refractivity contribution in [1.29, 1.82) is 0 Å². The predicted molar refractivity (Wildman–Crippen MR) is 131 cm³/mol. The fourth-order valence-corrected chi connectivity index (χ4v) is 5.33. The van der Waals surface area contributed by atoms with Gasteiger partial charge < -0.3 is 30.9 Å². The molecule has 5 N–H and O–H groups in total. The van der Waals surface area contributed by atoms with E-state index in [0.29, 0.717) is 5.57 Å². The first-order chi connectivity index (χ1) is 17.4. The molecule has 0 bridgehead atoms. The van der Waals surface area contributed by atoms with Gasteiger partial charge in [0.1, 0.15) is 12.1 Å². The molecule has 1 saturated heterocycles. The van der Waals surface area contributed by atoms with Crippen LogP contribution in [0.1, 0.15) is 32.3 Å². The Bertz CT molecular complexity index is 1160. The molecule has 2 aliphatic rings. The Kier molecular flexibility index (Phi) is 7.86. The lowest BCUT2D eigenvalue weighted by atomic mass is 9.69. The molecule has 12 nitrogen and oxygen atoms in total. The summed E-state index contributed by atoms with van der Waals surface area (Å²) in [5, 5.41) is 29.1. The van der Waals surface area contributed by atoms with Crippen LogP contribution in [0.15, 0.2) is 35.9 Å². The molecule has 1 unspecified atom stereocenters. The van der Waals surface area contributed by atoms with E-state index < -0.39 is 65.2 Å². The Morgan fingerprint density at radius 2 is 1.89 bits per heavy atom. The Morgan fingerprint density at radius 1 is 1.24 bits per heavy atom. The quantitative estimate of drug-likeness (QED) is 0.215. The number of anilines is 1. The lowest BCUT2D eigenvalue weighted by Crippen LogP contribution is -2.74. The number of carbonyl (C=O) groups is 5. The molecule has 1 fully saturated rings. The molecule has 3 amide bonds. The van der Waals surface area contributed by atoms with Crippen LogP contribution < -0.4 is 16.0 Å². The maximum Gasteiger partial charge on any atom is 0.303 e. The second kappa shape index (κ2) is 10.4. The van der Waals surface area contributed by atoms with Crippen LogP contribution in [0.25, 0.3) is 0 Å². The number of likely N-dealkylation sites (tertiary alicyclic amines) is 1. The number of allylic oxidation sites excluding steroid dienone is 1. The number of hydrogen-bond donors (Lipinski definition) is 5. The molecule has 37 heavy (non-hydrogen) atoms. The maximum atomic E-state index is 14.1. The monoisotopic (exact) mass is 516 g/mol. The molecular formula is C25H32N4O8. The number of fused-ring (bicyclic) bond motifs is 3. The maximum absolute atomic E-state index is 14.1. The van der Waals surface area contributed by atoms with E-state index in [-0.39, 0.29) is 17.7 Å². The molecule has 0 aromatic heterocycles. The smallest absolute Gasteiger partial charge is 0.303 e. The van der Waals surface area contributed by atoms with Gasteiger partial charge in [-0.05, 0) is 39.5 Å². The summed E-state index contributed by atoms with van der Waals surface area (Å²) in [7, 11) is 3.96. The first kappa shape index (κ1) is 28.0. The summed E-state index contributed by atoms with van der Waals surface area (Å²) in [6.07, 6.45) is -0.804. The highest BCUT2D eigenvalue weighted by Crippen LogP contribution is 2.54. The highest BCUT2D eigenvalue weighted by Gasteiger charge is 2.78. The number of aliphatic hydroxyl groups is 1. The molecule has 200 valence electrons. The lowest BCUT2D eigenvalue weighted by molar-refractivity contribution is -0.168. The average molecular weight is 517 g/mol. The lowest BCUT2D eigenvalue weighted by Gasteiger charge is -2.47. The van der Waals surface area contributed by atoms with Crippen LogP contribution >= 0.6 is 0 Å². The number of likely N-dealkylation sites (N-methyl/N-ethyl adjacent to an activating group) is 2. The van der Waals surface area contributed by atoms with Gasteiger partial charge in [-0.15, -0.1) is 0 Å². The zero-order valence-electron chi connectivity index (χ0n) is 21.3. The minimum atomic E-state index is -2.45. The number of ketones is 1. The number of carbonyl (C=O) groups excluding carboxylic acids is 4. The molecule has 0 radical (unpaired) electrons. The average Bonchev–Trinajstić information content (AvgIpc) is 3.05. The number of carboxylic acids is 1. The molecule has 2 heterocycles. The number of hydrogen-bond acceptors (Lipinski definition) is 8. The van der Waals surface area contributed by atoms with Crippen molar-refractivity contribution >= 4 is 35.2 Å². The van der Waals surface area contributed by atoms with Gasteiger partial charge in [0.25, 0.3) is 11.8 Å². The van der Waals surface area contributed by atoms with E-state index in [2.05, 4.69) is 16.0 Å². The van der Waals surface area contributed by atoms with Crippen molar-refractivity contribution in [3.05, 3.63) is 41.5 Å². The summed E-state index contributed by atoms with van der Waals surface area (Å²) in [6, 6.07) is 3.70. The standard InChI is InChI=1S/C25H32N4O8/c1-13(2)12-17(30)16(10-11-18(31)32)28-23(35)24-22(34)27-15-9-7-6-8-14(15)25(24,36)20(37-5)19(29(24)4)21(33)26-3/h6-9,12,16,19-20,36H,10-11H2,1-5H3,(H,26,33)(H,27,34)(H,28,35)(H,31,32)/t16-,19+,20-,24-,25?/m0/s1. The summed E-state index contributed by atoms with van der Waals surface area (Å²) in [6.45, 7) is 3.33. The molecule has 0 spiro atoms. The van der Waals surface area contributed by atoms with Crippen LogP contribution in [0.5, 0.6) is 0 Å². The number of rotatable bonds is 9. The van der Waals surface area contributed by atoms with Gasteiger partial charge in [0, 0.05) is 31.8 Å². The summed E-state index contributed by atoms with van der Waals surface area (Å²) in [5.41, 5.74) is -3.82. The molecule has 0 saturated carbocycles. The van der Waals surface area contributed by atoms with Crippen molar-refractivity contribution < 1.29 is 38.9 Å². The SMILES string of the molecule is CNC(=O)[C@H]1[C@H](OC)C2(O)c3ccccc3NC(=O)[C@@]2(C(=O)N[C@@H](CCC(=O)O)C(=O)C=C(C)C)N1C. The number of benzene rings is 1. The van der Waals surface area contributed by atoms with E-state index in [1.165, 1.54) is 33.3 Å². The molecule has 3 rings (SSSR count). The number of para-hydroxylation sites is 1. The second-order valence-electron chi connectivity index (χ2n) is 9.39. The summed E-state index contributed by atoms with van der Waals surface area (Å²) >= 11 is 0. The number of ether oxygens (including phenoxy) is 1. The zero-order chi connectivity index (χ0) is 27.7. The fraction of sp³-hybridized carbons (Fsp3) is 0.480. The van der Waals surface area contributed by atoms with Crippen molar-refractivity contribution in [3.8, 4) is 0 Å². The van der Waals surface area contributed by atoms with Crippen LogP contribution in [-0.2, 0) is 34.3 Å². The first-order valence-electron chi connectivity index (χ1n) is 11.7. The van der Waals surface area contributed by atoms with E-state index >= 15 is 0 Å². The highest BCUT2D eigenvalue weighted by molar-refractivity contribution is 6.20. The van der Waals surface area contributed by atoms with Crippen molar-refractivity contribution in [2.75, 3.05) is 26.5 Å². The Hall–Kier alpha value is -3.61. The van der Waals surface area contributed by atoms with Gasteiger partial charge in [-0.2, -0.15) is 0 Å². The Balaban J connectivity index is 2.22. The van der Waals surface area contributed by atoms with Gasteiger partial charge in [-0.25, -0.2) is 0 Å². The minimum absolute atomic E-state index is 0.146. The van der Waals surface area contributed by atoms with E-state index in [4.69, 9.17) is 9.84 Å². The van der Waals surface area contributed by atoms with Crippen molar-refractivity contribution in [2.45, 2.75) is 56.0 Å². The third-order valence-corrected chi connectivity index (χ3v) is 6.94. The van der Waals surface area contributed by atoms with Crippen LogP contribution in [0.4, 0.5) is 5.69 Å². The molecule has 2 aliphatic heterocycles. The van der Waals surface area contributed by atoms with E-state index in [1.807, 2.05) is 0 Å². The summed E-state index contributed by atoms with van der Waals surface area (Å²) in [4.78, 5) is 66.1. The topological polar surface area (TPSA) is 174 Å². The van der Waals surface area contributed by atoms with Crippen molar-refractivity contribution in [3.63, 3.8) is 0 Å². The number of amides is 3. The Morgan fingerprint density at radius 3 is 2.46 bits per heavy atom. The first-order valence-corrected chi connectivity index (χ1v) is 11.7. The van der Waals surface area contributed by atoms with E-state index in [0.717, 1.165) is 4.90 Å². The molecular weight excluding hydrogens is 484 g/mol. The van der Waals surface area contributed by atoms with E-state index in [9.17, 15) is 29.1 Å². The van der Waals surface area contributed by atoms with Crippen LogP contribution in [0.2, 0.25) is 0 Å². The third kappa shape index (κ3) is 4.30. The minimum Gasteiger partial charge on any atom is -0.481 e. The second-order valence-corrected chi connectivity index (χ2v) is 9.39. The largest absolute Gasteiger partial charge is 0.481 e. The van der Waals surface area contributed by atoms with Crippen LogP contribution in [-0.4, -0.2) is 89.5 Å². The predicted octanol–water partition coefficient (Wildman–Crippen LogP) is -0.475. The number of carboxylic acid groups (broad SMARTS) is 1. The normalized spacial score (nSPS) is 27.2. The Labute approximate surface area is 214 Å². The van der Waals surface area contributed by atoms with Gasteiger partial charge in [0.15, 0.2) is 11.4 Å².